The van der Waals surface area contributed by atoms with Crippen LogP contribution in [0.15, 0.2) is 60.9 Å². The number of aromatic nitrogens is 2. The molecule has 1 aliphatic heterocycles. The van der Waals surface area contributed by atoms with Gasteiger partial charge in [-0.1, -0.05) is 0 Å². The average Bonchev–Trinajstić information content (AvgIpc) is 2.99. The maximum Gasteiger partial charge on any atom is 0.267 e. The summed E-state index contributed by atoms with van der Waals surface area (Å²) in [6.45, 7) is 1.47. The van der Waals surface area contributed by atoms with Crippen molar-refractivity contribution in [1.29, 1.82) is 0 Å². The van der Waals surface area contributed by atoms with Crippen LogP contribution in [-0.4, -0.2) is 33.7 Å². The number of hydrogen-bond acceptors (Lipinski definition) is 6. The van der Waals surface area contributed by atoms with Crippen molar-refractivity contribution < 1.29 is 19.2 Å². The number of Topliss-reactive ketones (excluding diaryl/α,β-unsaturated/α-hetero) is 1. The molecule has 0 atom stereocenters. The smallest absolute Gasteiger partial charge is 0.267 e. The van der Waals surface area contributed by atoms with E-state index in [1.807, 2.05) is 0 Å². The van der Waals surface area contributed by atoms with Crippen molar-refractivity contribution in [3.8, 4) is 0 Å². The molecule has 2 heterocycles. The molecule has 0 aliphatic carbocycles. The van der Waals surface area contributed by atoms with Crippen LogP contribution < -0.4 is 10.2 Å². The number of fused-ring (bicyclic) bond motifs is 1. The molecule has 0 bridgehead atoms. The Morgan fingerprint density at radius 1 is 0.793 bits per heavy atom. The molecular weight excluding hydrogens is 372 g/mol. The summed E-state index contributed by atoms with van der Waals surface area (Å²) in [5.41, 5.74) is 2.19. The minimum atomic E-state index is -0.484. The summed E-state index contributed by atoms with van der Waals surface area (Å²) in [7, 11) is 0. The normalized spacial score (nSPS) is 12.7. The lowest BCUT2D eigenvalue weighted by Gasteiger charge is -2.14. The van der Waals surface area contributed by atoms with E-state index in [2.05, 4.69) is 15.5 Å². The Kier molecular flexibility index (Phi) is 4.44. The fourth-order valence-corrected chi connectivity index (χ4v) is 2.98. The molecule has 3 aromatic rings. The number of nitrogens with one attached hydrogen (secondary N) is 1. The lowest BCUT2D eigenvalue weighted by molar-refractivity contribution is 0.0924. The van der Waals surface area contributed by atoms with Crippen LogP contribution in [0.2, 0.25) is 0 Å². The third kappa shape index (κ3) is 3.27. The largest absolute Gasteiger partial charge is 0.322 e. The maximum atomic E-state index is 12.5. The van der Waals surface area contributed by atoms with Crippen molar-refractivity contribution in [3.05, 3.63) is 83.2 Å². The van der Waals surface area contributed by atoms with Crippen molar-refractivity contribution in [2.24, 2.45) is 0 Å². The third-order valence-corrected chi connectivity index (χ3v) is 4.53. The van der Waals surface area contributed by atoms with Gasteiger partial charge in [0.1, 0.15) is 0 Å². The molecule has 2 aromatic carbocycles. The summed E-state index contributed by atoms with van der Waals surface area (Å²) in [6, 6.07) is 12.6. The molecule has 1 aromatic heterocycles. The Bertz CT molecular complexity index is 1120. The molecule has 0 saturated carbocycles. The van der Waals surface area contributed by atoms with Crippen molar-refractivity contribution in [2.45, 2.75) is 6.92 Å². The molecule has 0 radical (unpaired) electrons. The van der Waals surface area contributed by atoms with Gasteiger partial charge in [0.05, 0.1) is 29.2 Å². The van der Waals surface area contributed by atoms with Crippen LogP contribution in [0.1, 0.15) is 48.4 Å². The number of amides is 3. The minimum absolute atomic E-state index is 0.0572. The van der Waals surface area contributed by atoms with E-state index in [1.54, 1.807) is 24.3 Å². The lowest BCUT2D eigenvalue weighted by atomic mass is 10.1. The highest BCUT2D eigenvalue weighted by molar-refractivity contribution is 6.34. The zero-order valence-electron chi connectivity index (χ0n) is 15.2. The Balaban J connectivity index is 1.51. The molecule has 8 heteroatoms. The van der Waals surface area contributed by atoms with Gasteiger partial charge in [-0.15, -0.1) is 0 Å². The Labute approximate surface area is 165 Å². The molecule has 0 saturated heterocycles. The van der Waals surface area contributed by atoms with Crippen molar-refractivity contribution in [1.82, 2.24) is 10.2 Å². The molecule has 0 unspecified atom stereocenters. The van der Waals surface area contributed by atoms with Crippen LogP contribution in [0.4, 0.5) is 11.4 Å². The fraction of sp³-hybridized carbons (Fsp3) is 0.0476. The molecule has 0 spiro atoms. The number of ketones is 1. The molecular formula is C21H14N4O4. The van der Waals surface area contributed by atoms with Crippen LogP contribution in [-0.2, 0) is 0 Å². The Morgan fingerprint density at radius 2 is 1.31 bits per heavy atom. The number of rotatable bonds is 4. The number of nitrogens with zero attached hydrogens (tertiary/aromatic N) is 3. The first-order valence-electron chi connectivity index (χ1n) is 8.67. The number of carbonyl (C=O) groups is 4. The molecule has 0 fully saturated rings. The maximum absolute atomic E-state index is 12.5. The van der Waals surface area contributed by atoms with E-state index in [1.165, 1.54) is 43.6 Å². The predicted octanol–water partition coefficient (Wildman–Crippen LogP) is 2.73. The Morgan fingerprint density at radius 3 is 1.83 bits per heavy atom. The van der Waals surface area contributed by atoms with Gasteiger partial charge >= 0.3 is 0 Å². The van der Waals surface area contributed by atoms with Gasteiger partial charge in [-0.05, 0) is 55.5 Å². The van der Waals surface area contributed by atoms with Crippen molar-refractivity contribution in [3.63, 3.8) is 0 Å². The van der Waals surface area contributed by atoms with Gasteiger partial charge in [0.15, 0.2) is 5.78 Å². The second kappa shape index (κ2) is 7.08. The summed E-state index contributed by atoms with van der Waals surface area (Å²) in [6.07, 6.45) is 2.52. The van der Waals surface area contributed by atoms with E-state index in [9.17, 15) is 19.2 Å². The van der Waals surface area contributed by atoms with E-state index < -0.39 is 11.8 Å². The number of hydrogen-bond donors (Lipinski definition) is 1. The first-order valence-corrected chi connectivity index (χ1v) is 8.67. The highest BCUT2D eigenvalue weighted by atomic mass is 16.2. The summed E-state index contributed by atoms with van der Waals surface area (Å²) >= 11 is 0. The van der Waals surface area contributed by atoms with Gasteiger partial charge in [-0.3, -0.25) is 19.2 Å². The second-order valence-corrected chi connectivity index (χ2v) is 6.40. The van der Waals surface area contributed by atoms with Crippen LogP contribution in [0.25, 0.3) is 0 Å². The molecule has 1 aliphatic rings. The molecule has 3 amide bonds. The lowest BCUT2D eigenvalue weighted by Crippen LogP contribution is -2.29. The molecule has 142 valence electrons. The summed E-state index contributed by atoms with van der Waals surface area (Å²) in [5.74, 6) is -1.38. The van der Waals surface area contributed by atoms with Gasteiger partial charge in [0.2, 0.25) is 0 Å². The summed E-state index contributed by atoms with van der Waals surface area (Å²) < 4.78 is 0. The first-order chi connectivity index (χ1) is 14.0. The van der Waals surface area contributed by atoms with Gasteiger partial charge in [0, 0.05) is 16.8 Å². The van der Waals surface area contributed by atoms with Crippen LogP contribution in [0.3, 0.4) is 0 Å². The average molecular weight is 386 g/mol. The monoisotopic (exact) mass is 386 g/mol. The van der Waals surface area contributed by atoms with E-state index in [0.29, 0.717) is 22.5 Å². The van der Waals surface area contributed by atoms with E-state index in [0.717, 1.165) is 4.90 Å². The van der Waals surface area contributed by atoms with Gasteiger partial charge in [-0.25, -0.2) is 4.90 Å². The topological polar surface area (TPSA) is 109 Å². The molecule has 29 heavy (non-hydrogen) atoms. The van der Waals surface area contributed by atoms with Gasteiger partial charge < -0.3 is 5.32 Å². The fourth-order valence-electron chi connectivity index (χ4n) is 2.98. The van der Waals surface area contributed by atoms with Crippen molar-refractivity contribution in [2.75, 3.05) is 10.2 Å². The highest BCUT2D eigenvalue weighted by Gasteiger charge is 2.37. The predicted molar refractivity (Wildman–Crippen MR) is 104 cm³/mol. The number of benzene rings is 2. The van der Waals surface area contributed by atoms with E-state index in [4.69, 9.17) is 0 Å². The van der Waals surface area contributed by atoms with Crippen LogP contribution in [0.5, 0.6) is 0 Å². The highest BCUT2D eigenvalue weighted by Crippen LogP contribution is 2.27. The minimum Gasteiger partial charge on any atom is -0.322 e. The van der Waals surface area contributed by atoms with E-state index >= 15 is 0 Å². The quantitative estimate of drug-likeness (QED) is 0.545. The second-order valence-electron chi connectivity index (χ2n) is 6.40. The number of imide groups is 1. The first kappa shape index (κ1) is 18.2. The van der Waals surface area contributed by atoms with E-state index in [-0.39, 0.29) is 22.8 Å². The van der Waals surface area contributed by atoms with Gasteiger partial charge in [0.25, 0.3) is 17.7 Å². The molecule has 1 N–H and O–H groups in total. The number of carbonyl (C=O) groups excluding carboxylic acids is 4. The molecule has 4 rings (SSSR count). The molecule has 8 nitrogen and oxygen atoms in total. The summed E-state index contributed by atoms with van der Waals surface area (Å²) in [5, 5.41) is 10.0. The zero-order valence-corrected chi connectivity index (χ0v) is 15.2. The number of anilines is 2. The standard InChI is InChI=1S/C21H14N4O4/c1-12(26)13-2-6-15(7-3-13)24-19(27)14-4-8-16(9-5-14)25-20(28)17-10-22-23-11-18(17)21(25)29/h2-11H,1H3,(H,24,27). The van der Waals surface area contributed by atoms with Crippen LogP contribution >= 0.6 is 0 Å². The third-order valence-electron chi connectivity index (χ3n) is 4.53. The zero-order chi connectivity index (χ0) is 20.5. The summed E-state index contributed by atoms with van der Waals surface area (Å²) in [4.78, 5) is 49.7. The van der Waals surface area contributed by atoms with Crippen molar-refractivity contribution >= 4 is 34.9 Å². The SMILES string of the molecule is CC(=O)c1ccc(NC(=O)c2ccc(N3C(=O)c4cnncc4C3=O)cc2)cc1. The Hall–Kier alpha value is -4.20. The van der Waals surface area contributed by atoms with Gasteiger partial charge in [-0.2, -0.15) is 10.2 Å². The van der Waals surface area contributed by atoms with Crippen LogP contribution in [0, 0.1) is 0 Å².